The minimum Gasteiger partial charge on any atom is -0.376 e. The molecule has 0 heterocycles. The summed E-state index contributed by atoms with van der Waals surface area (Å²) >= 11 is 0. The number of amides is 3. The maximum absolute atomic E-state index is 12.3. The molecule has 2 rings (SSSR count). The highest BCUT2D eigenvalue weighted by molar-refractivity contribution is 5.95. The number of anilines is 4. The first-order chi connectivity index (χ1) is 15.4. The monoisotopic (exact) mass is 438 g/mol. The second-order valence-corrected chi connectivity index (χ2v) is 8.21. The summed E-state index contributed by atoms with van der Waals surface area (Å²) in [7, 11) is 0. The summed E-state index contributed by atoms with van der Waals surface area (Å²) in [5.41, 5.74) is 2.79. The van der Waals surface area contributed by atoms with Crippen LogP contribution in [0.3, 0.4) is 0 Å². The van der Waals surface area contributed by atoms with Crippen molar-refractivity contribution in [2.75, 3.05) is 27.8 Å². The van der Waals surface area contributed by atoms with E-state index in [0.717, 1.165) is 24.9 Å². The lowest BCUT2D eigenvalue weighted by atomic mass is 10.1. The Bertz CT molecular complexity index is 894. The number of hydrogen-bond donors (Lipinski definition) is 4. The molecule has 0 atom stereocenters. The van der Waals surface area contributed by atoms with Gasteiger partial charge in [-0.3, -0.25) is 14.4 Å². The third-order valence-electron chi connectivity index (χ3n) is 4.65. The van der Waals surface area contributed by atoms with Gasteiger partial charge in [0.05, 0.1) is 6.54 Å². The topological polar surface area (TPSA) is 99.3 Å². The van der Waals surface area contributed by atoms with Crippen LogP contribution in [0.15, 0.2) is 48.5 Å². The van der Waals surface area contributed by atoms with Gasteiger partial charge in [0.25, 0.3) is 0 Å². The number of hydrogen-bond acceptors (Lipinski definition) is 4. The Morgan fingerprint density at radius 1 is 0.750 bits per heavy atom. The lowest BCUT2D eigenvalue weighted by Crippen LogP contribution is -2.21. The van der Waals surface area contributed by atoms with E-state index < -0.39 is 0 Å². The van der Waals surface area contributed by atoms with Crippen LogP contribution in [0, 0.1) is 5.92 Å². The van der Waals surface area contributed by atoms with Crippen LogP contribution >= 0.6 is 0 Å². The van der Waals surface area contributed by atoms with Crippen LogP contribution in [0.2, 0.25) is 0 Å². The zero-order valence-electron chi connectivity index (χ0n) is 19.2. The van der Waals surface area contributed by atoms with Gasteiger partial charge in [0.1, 0.15) is 0 Å². The van der Waals surface area contributed by atoms with Gasteiger partial charge in [0.15, 0.2) is 0 Å². The Hall–Kier alpha value is -3.35. The number of nitrogens with one attached hydrogen (secondary N) is 4. The zero-order chi connectivity index (χ0) is 23.3. The second-order valence-electron chi connectivity index (χ2n) is 8.21. The van der Waals surface area contributed by atoms with Crippen LogP contribution in [0.5, 0.6) is 0 Å². The van der Waals surface area contributed by atoms with Gasteiger partial charge in [-0.2, -0.15) is 0 Å². The molecule has 0 aliphatic heterocycles. The van der Waals surface area contributed by atoms with Crippen LogP contribution in [0.4, 0.5) is 22.7 Å². The largest absolute Gasteiger partial charge is 0.376 e. The van der Waals surface area contributed by atoms with Gasteiger partial charge in [0, 0.05) is 35.6 Å². The van der Waals surface area contributed by atoms with Crippen LogP contribution in [-0.4, -0.2) is 24.3 Å². The molecule has 2 aromatic carbocycles. The van der Waals surface area contributed by atoms with Crippen molar-refractivity contribution in [3.63, 3.8) is 0 Å². The average Bonchev–Trinajstić information content (AvgIpc) is 2.73. The van der Waals surface area contributed by atoms with E-state index >= 15 is 0 Å². The number of carbonyl (C=O) groups excluding carboxylic acids is 3. The van der Waals surface area contributed by atoms with E-state index in [1.165, 1.54) is 0 Å². The molecule has 7 nitrogen and oxygen atoms in total. The number of unbranched alkanes of at least 4 members (excludes halogenated alkanes) is 2. The molecule has 4 N–H and O–H groups in total. The van der Waals surface area contributed by atoms with Crippen molar-refractivity contribution in [2.45, 2.75) is 52.9 Å². The van der Waals surface area contributed by atoms with Crippen LogP contribution < -0.4 is 21.3 Å². The molecule has 32 heavy (non-hydrogen) atoms. The molecule has 0 aliphatic rings. The predicted octanol–water partition coefficient (Wildman–Crippen LogP) is 5.24. The average molecular weight is 439 g/mol. The Balaban J connectivity index is 1.79. The highest BCUT2D eigenvalue weighted by Crippen LogP contribution is 2.17. The summed E-state index contributed by atoms with van der Waals surface area (Å²) in [6.07, 6.45) is 3.97. The summed E-state index contributed by atoms with van der Waals surface area (Å²) in [4.78, 5) is 36.1. The Morgan fingerprint density at radius 3 is 1.97 bits per heavy atom. The van der Waals surface area contributed by atoms with Crippen molar-refractivity contribution in [3.05, 3.63) is 48.5 Å². The van der Waals surface area contributed by atoms with Crippen molar-refractivity contribution in [1.29, 1.82) is 0 Å². The maximum Gasteiger partial charge on any atom is 0.243 e. The Kier molecular flexibility index (Phi) is 10.2. The highest BCUT2D eigenvalue weighted by Gasteiger charge is 2.07. The predicted molar refractivity (Wildman–Crippen MR) is 131 cm³/mol. The third kappa shape index (κ3) is 9.64. The van der Waals surface area contributed by atoms with Gasteiger partial charge >= 0.3 is 0 Å². The third-order valence-corrected chi connectivity index (χ3v) is 4.65. The number of benzene rings is 2. The first-order valence-electron chi connectivity index (χ1n) is 11.2. The first-order valence-corrected chi connectivity index (χ1v) is 11.2. The van der Waals surface area contributed by atoms with E-state index in [1.807, 2.05) is 32.0 Å². The molecule has 0 unspecified atom stereocenters. The van der Waals surface area contributed by atoms with Crippen LogP contribution in [-0.2, 0) is 14.4 Å². The lowest BCUT2D eigenvalue weighted by Gasteiger charge is -2.11. The van der Waals surface area contributed by atoms with Crippen molar-refractivity contribution < 1.29 is 14.4 Å². The van der Waals surface area contributed by atoms with E-state index in [-0.39, 0.29) is 24.3 Å². The summed E-state index contributed by atoms with van der Waals surface area (Å²) in [6.45, 7) is 6.17. The SMILES string of the molecule is CCCCCC(=O)Nc1cccc(NCC(=O)Nc2ccc(NC(=O)CC(C)C)cc2)c1. The molecule has 0 aromatic heterocycles. The highest BCUT2D eigenvalue weighted by atomic mass is 16.2. The fraction of sp³-hybridized carbons (Fsp3) is 0.400. The van der Waals surface area contributed by atoms with Crippen molar-refractivity contribution in [2.24, 2.45) is 5.92 Å². The zero-order valence-corrected chi connectivity index (χ0v) is 19.2. The van der Waals surface area contributed by atoms with Crippen molar-refractivity contribution in [3.8, 4) is 0 Å². The summed E-state index contributed by atoms with van der Waals surface area (Å²) in [6, 6.07) is 14.3. The maximum atomic E-state index is 12.3. The van der Waals surface area contributed by atoms with E-state index in [9.17, 15) is 14.4 Å². The minimum atomic E-state index is -0.199. The molecule has 0 fully saturated rings. The smallest absolute Gasteiger partial charge is 0.243 e. The summed E-state index contributed by atoms with van der Waals surface area (Å²) in [5, 5.41) is 11.6. The molecule has 3 amide bonds. The first kappa shape index (κ1) is 24.9. The van der Waals surface area contributed by atoms with Gasteiger partial charge < -0.3 is 21.3 Å². The van der Waals surface area contributed by atoms with Crippen LogP contribution in [0.1, 0.15) is 52.9 Å². The van der Waals surface area contributed by atoms with Gasteiger partial charge in [-0.1, -0.05) is 39.7 Å². The molecular weight excluding hydrogens is 404 g/mol. The number of rotatable bonds is 12. The normalized spacial score (nSPS) is 10.5. The minimum absolute atomic E-state index is 0.00261. The van der Waals surface area contributed by atoms with E-state index in [1.54, 1.807) is 30.3 Å². The lowest BCUT2D eigenvalue weighted by molar-refractivity contribution is -0.117. The Labute approximate surface area is 190 Å². The molecule has 0 saturated heterocycles. The van der Waals surface area contributed by atoms with Gasteiger partial charge in [0.2, 0.25) is 17.7 Å². The molecule has 172 valence electrons. The molecule has 0 bridgehead atoms. The fourth-order valence-corrected chi connectivity index (χ4v) is 3.07. The molecule has 7 heteroatoms. The molecule has 0 spiro atoms. The second kappa shape index (κ2) is 13.1. The molecule has 0 radical (unpaired) electrons. The van der Waals surface area contributed by atoms with Gasteiger partial charge in [-0.25, -0.2) is 0 Å². The van der Waals surface area contributed by atoms with Gasteiger partial charge in [-0.15, -0.1) is 0 Å². The molecular formula is C25H34N4O3. The van der Waals surface area contributed by atoms with E-state index in [2.05, 4.69) is 28.2 Å². The summed E-state index contributed by atoms with van der Waals surface area (Å²) < 4.78 is 0. The standard InChI is InChI=1S/C25H34N4O3/c1-4-5-6-10-23(30)29-22-9-7-8-21(16-22)26-17-25(32)28-20-13-11-19(12-14-20)27-24(31)15-18(2)3/h7-9,11-14,16,18,26H,4-6,10,15,17H2,1-3H3,(H,27,31)(H,28,32)(H,29,30). The van der Waals surface area contributed by atoms with Gasteiger partial charge in [-0.05, 0) is 54.8 Å². The van der Waals surface area contributed by atoms with Crippen molar-refractivity contribution >= 4 is 40.5 Å². The van der Waals surface area contributed by atoms with E-state index in [0.29, 0.717) is 35.8 Å². The Morgan fingerprint density at radius 2 is 1.34 bits per heavy atom. The van der Waals surface area contributed by atoms with E-state index in [4.69, 9.17) is 0 Å². The quantitative estimate of drug-likeness (QED) is 0.341. The molecule has 2 aromatic rings. The molecule has 0 saturated carbocycles. The number of carbonyl (C=O) groups is 3. The molecule has 0 aliphatic carbocycles. The van der Waals surface area contributed by atoms with Crippen molar-refractivity contribution in [1.82, 2.24) is 0 Å². The van der Waals surface area contributed by atoms with Crippen LogP contribution in [0.25, 0.3) is 0 Å². The summed E-state index contributed by atoms with van der Waals surface area (Å²) in [5.74, 6) is 0.0666. The fourth-order valence-electron chi connectivity index (χ4n) is 3.07.